The van der Waals surface area contributed by atoms with Gasteiger partial charge in [0.1, 0.15) is 0 Å². The first-order valence-electron chi connectivity index (χ1n) is 13.8. The Balaban J connectivity index is 1.33. The molecule has 0 aromatic heterocycles. The molecule has 4 fully saturated rings. The molecular weight excluding hydrogens is 458 g/mol. The van der Waals surface area contributed by atoms with Crippen LogP contribution in [-0.2, 0) is 9.53 Å². The topological polar surface area (TPSA) is 81.6 Å². The molecule has 7 unspecified atom stereocenters. The molecule has 0 spiro atoms. The van der Waals surface area contributed by atoms with Gasteiger partial charge in [-0.3, -0.25) is 4.79 Å². The molecule has 4 saturated carbocycles. The Kier molecular flexibility index (Phi) is 6.91. The number of fused-ring (bicyclic) bond motifs is 5. The van der Waals surface area contributed by atoms with E-state index >= 15 is 0 Å². The molecule has 4 aliphatic carbocycles. The van der Waals surface area contributed by atoms with Gasteiger partial charge in [0.15, 0.2) is 5.78 Å². The molecule has 6 heteroatoms. The molecule has 5 rings (SSSR count). The molecule has 0 heterocycles. The van der Waals surface area contributed by atoms with Crippen LogP contribution in [-0.4, -0.2) is 26.0 Å². The van der Waals surface area contributed by atoms with Crippen LogP contribution in [0.5, 0.6) is 0 Å². The Hall–Kier alpha value is -1.30. The molecule has 8 atom stereocenters. The molecule has 0 aliphatic heterocycles. The van der Waals surface area contributed by atoms with E-state index in [-0.39, 0.29) is 23.7 Å². The Morgan fingerprint density at radius 3 is 2.69 bits per heavy atom. The number of benzene rings is 1. The van der Waals surface area contributed by atoms with Gasteiger partial charge in [0, 0.05) is 18.1 Å². The first-order chi connectivity index (χ1) is 16.7. The maximum Gasteiger partial charge on any atom is 0.157 e. The first-order valence-corrected chi connectivity index (χ1v) is 14.2. The third-order valence-electron chi connectivity index (χ3n) is 11.1. The lowest BCUT2D eigenvalue weighted by Crippen LogP contribution is -2.56. The number of anilines is 2. The minimum atomic E-state index is 0.0771. The van der Waals surface area contributed by atoms with Crippen molar-refractivity contribution in [2.24, 2.45) is 52.2 Å². The maximum absolute atomic E-state index is 13.6. The summed E-state index contributed by atoms with van der Waals surface area (Å²) in [4.78, 5) is 13.6. The van der Waals surface area contributed by atoms with Crippen molar-refractivity contribution in [1.29, 1.82) is 0 Å². The summed E-state index contributed by atoms with van der Waals surface area (Å²) >= 11 is 6.05. The second-order valence-corrected chi connectivity index (χ2v) is 13.1. The number of hydrogen-bond donors (Lipinski definition) is 2. The average Bonchev–Trinajstić information content (AvgIpc) is 3.16. The molecule has 1 aromatic rings. The van der Waals surface area contributed by atoms with E-state index in [0.717, 1.165) is 43.1 Å². The molecule has 0 amide bonds. The van der Waals surface area contributed by atoms with E-state index in [2.05, 4.69) is 13.8 Å². The van der Waals surface area contributed by atoms with Crippen molar-refractivity contribution in [3.05, 3.63) is 23.2 Å². The van der Waals surface area contributed by atoms with Crippen molar-refractivity contribution >= 4 is 28.8 Å². The molecule has 1 aromatic carbocycles. The van der Waals surface area contributed by atoms with Crippen LogP contribution in [0.15, 0.2) is 18.2 Å². The van der Waals surface area contributed by atoms with Crippen LogP contribution < -0.4 is 16.6 Å². The summed E-state index contributed by atoms with van der Waals surface area (Å²) in [6.45, 7) is 5.97. The van der Waals surface area contributed by atoms with Gasteiger partial charge in [-0.25, -0.2) is 5.84 Å². The monoisotopic (exact) mass is 501 g/mol. The molecule has 194 valence electrons. The van der Waals surface area contributed by atoms with Crippen molar-refractivity contribution in [2.45, 2.75) is 71.6 Å². The predicted molar refractivity (Wildman–Crippen MR) is 143 cm³/mol. The van der Waals surface area contributed by atoms with Gasteiger partial charge in [0.25, 0.3) is 0 Å². The van der Waals surface area contributed by atoms with E-state index in [1.54, 1.807) is 18.2 Å². The van der Waals surface area contributed by atoms with E-state index in [1.807, 2.05) is 7.11 Å². The lowest BCUT2D eigenvalue weighted by Gasteiger charge is -2.62. The minimum Gasteiger partial charge on any atom is -0.397 e. The maximum atomic E-state index is 13.6. The van der Waals surface area contributed by atoms with Crippen molar-refractivity contribution in [3.8, 4) is 0 Å². The molecule has 35 heavy (non-hydrogen) atoms. The molecule has 0 bridgehead atoms. The quantitative estimate of drug-likeness (QED) is 0.280. The molecular formula is C29H44ClN3O2. The highest BCUT2D eigenvalue weighted by molar-refractivity contribution is 6.31. The molecule has 0 saturated heterocycles. The standard InChI is InChI=1S/C29H44ClN3O2/c1-18-10-13-29(17-35-3)19(14-18)4-6-21-22-7-8-24(28(22,2)12-11-23(21)29)27(34)16-33(32)26-9-5-20(30)15-25(26)31/h5,9,15,18-19,21-24H,4,6-8,10-14,16-17,31-32H2,1-3H3/t18?,19?,21?,22?,23?,24-,28?,29?/m1/s1. The second-order valence-electron chi connectivity index (χ2n) is 12.7. The van der Waals surface area contributed by atoms with Gasteiger partial charge in [-0.05, 0) is 110 Å². The van der Waals surface area contributed by atoms with Gasteiger partial charge in [0.2, 0.25) is 0 Å². The second kappa shape index (κ2) is 9.54. The van der Waals surface area contributed by atoms with E-state index in [9.17, 15) is 4.79 Å². The van der Waals surface area contributed by atoms with Gasteiger partial charge in [0.05, 0.1) is 24.5 Å². The fourth-order valence-electron chi connectivity index (χ4n) is 9.49. The Morgan fingerprint density at radius 2 is 1.94 bits per heavy atom. The normalized spacial score (nSPS) is 40.5. The average molecular weight is 502 g/mol. The number of nitrogens with zero attached hydrogens (tertiary/aromatic N) is 1. The number of ketones is 1. The van der Waals surface area contributed by atoms with Gasteiger partial charge in [-0.15, -0.1) is 0 Å². The number of carbonyl (C=O) groups excluding carboxylic acids is 1. The van der Waals surface area contributed by atoms with Crippen LogP contribution >= 0.6 is 11.6 Å². The SMILES string of the molecule is COCC12CCC(C)CC1CCC1C2CCC2(C)C1CC[C@@H]2C(=O)CN(N)c1ccc(Cl)cc1N. The zero-order valence-electron chi connectivity index (χ0n) is 21.8. The Bertz CT molecular complexity index is 956. The zero-order valence-corrected chi connectivity index (χ0v) is 22.5. The number of hydrazine groups is 1. The summed E-state index contributed by atoms with van der Waals surface area (Å²) in [6, 6.07) is 5.26. The smallest absolute Gasteiger partial charge is 0.157 e. The summed E-state index contributed by atoms with van der Waals surface area (Å²) in [6.07, 6.45) is 11.3. The number of Topliss-reactive ketones (excluding diaryl/α,β-unsaturated/α-hetero) is 1. The van der Waals surface area contributed by atoms with E-state index in [4.69, 9.17) is 27.9 Å². The van der Waals surface area contributed by atoms with Gasteiger partial charge < -0.3 is 15.5 Å². The predicted octanol–water partition coefficient (Wildman–Crippen LogP) is 6.09. The van der Waals surface area contributed by atoms with Gasteiger partial charge in [-0.1, -0.05) is 31.9 Å². The van der Waals surface area contributed by atoms with Crippen molar-refractivity contribution in [3.63, 3.8) is 0 Å². The lowest BCUT2D eigenvalue weighted by atomic mass is 9.44. The number of nitrogens with two attached hydrogens (primary N) is 2. The highest BCUT2D eigenvalue weighted by Gasteiger charge is 2.62. The molecule has 4 aliphatic rings. The van der Waals surface area contributed by atoms with Crippen LogP contribution in [0.3, 0.4) is 0 Å². The third kappa shape index (κ3) is 4.20. The third-order valence-corrected chi connectivity index (χ3v) is 11.3. The van der Waals surface area contributed by atoms with E-state index in [0.29, 0.717) is 27.7 Å². The van der Waals surface area contributed by atoms with Crippen LogP contribution in [0.4, 0.5) is 11.4 Å². The van der Waals surface area contributed by atoms with Crippen LogP contribution in [0, 0.1) is 46.3 Å². The number of rotatable bonds is 6. The van der Waals surface area contributed by atoms with Crippen molar-refractivity contribution < 1.29 is 9.53 Å². The molecule has 0 radical (unpaired) electrons. The fraction of sp³-hybridized carbons (Fsp3) is 0.759. The highest BCUT2D eigenvalue weighted by atomic mass is 35.5. The number of ether oxygens (including phenoxy) is 1. The number of nitrogen functional groups attached to an aromatic ring is 1. The fourth-order valence-corrected chi connectivity index (χ4v) is 9.67. The first kappa shape index (κ1) is 25.4. The van der Waals surface area contributed by atoms with Gasteiger partial charge in [-0.2, -0.15) is 0 Å². The highest BCUT2D eigenvalue weighted by Crippen LogP contribution is 2.68. The number of halogens is 1. The Labute approximate surface area is 216 Å². The van der Waals surface area contributed by atoms with E-state index in [1.165, 1.54) is 50.0 Å². The van der Waals surface area contributed by atoms with E-state index < -0.39 is 0 Å². The van der Waals surface area contributed by atoms with Gasteiger partial charge >= 0.3 is 0 Å². The molecule has 5 nitrogen and oxygen atoms in total. The number of hydrogen-bond acceptors (Lipinski definition) is 5. The summed E-state index contributed by atoms with van der Waals surface area (Å²) in [5.74, 6) is 10.5. The van der Waals surface area contributed by atoms with Crippen molar-refractivity contribution in [2.75, 3.05) is 31.0 Å². The van der Waals surface area contributed by atoms with Crippen LogP contribution in [0.2, 0.25) is 5.02 Å². The largest absolute Gasteiger partial charge is 0.397 e. The summed E-state index contributed by atoms with van der Waals surface area (Å²) in [5, 5.41) is 2.08. The molecule has 4 N–H and O–H groups in total. The summed E-state index contributed by atoms with van der Waals surface area (Å²) in [5.41, 5.74) is 7.73. The number of carbonyl (C=O) groups is 1. The van der Waals surface area contributed by atoms with Crippen LogP contribution in [0.1, 0.15) is 71.6 Å². The summed E-state index contributed by atoms with van der Waals surface area (Å²) < 4.78 is 5.93. The minimum absolute atomic E-state index is 0.0771. The lowest BCUT2D eigenvalue weighted by molar-refractivity contribution is -0.154. The van der Waals surface area contributed by atoms with Crippen LogP contribution in [0.25, 0.3) is 0 Å². The van der Waals surface area contributed by atoms with Crippen molar-refractivity contribution in [1.82, 2.24) is 0 Å². The summed E-state index contributed by atoms with van der Waals surface area (Å²) in [7, 11) is 1.90. The number of methoxy groups -OCH3 is 1. The Morgan fingerprint density at radius 1 is 1.14 bits per heavy atom. The zero-order chi connectivity index (χ0) is 25.0.